The van der Waals surface area contributed by atoms with E-state index in [1.165, 1.54) is 7.05 Å². The van der Waals surface area contributed by atoms with Gasteiger partial charge in [0.15, 0.2) is 12.5 Å². The summed E-state index contributed by atoms with van der Waals surface area (Å²) in [6, 6.07) is -0.268. The fourth-order valence-electron chi connectivity index (χ4n) is 3.87. The Morgan fingerprint density at radius 2 is 1.72 bits per heavy atom. The molecule has 224 valence electrons. The lowest BCUT2D eigenvalue weighted by Gasteiger charge is -2.42. The van der Waals surface area contributed by atoms with E-state index in [-0.39, 0.29) is 0 Å². The first kappa shape index (κ1) is 32.1. The largest absolute Gasteiger partial charge is 0.481 e. The zero-order valence-corrected chi connectivity index (χ0v) is 22.4. The van der Waals surface area contributed by atoms with Crippen LogP contribution in [0.25, 0.3) is 0 Å². The summed E-state index contributed by atoms with van der Waals surface area (Å²) in [5.41, 5.74) is -1.66. The molecule has 2 fully saturated rings. The second kappa shape index (κ2) is 13.1. The Hall–Kier alpha value is -1.38. The quantitative estimate of drug-likeness (QED) is 0.106. The van der Waals surface area contributed by atoms with E-state index in [1.54, 1.807) is 0 Å². The van der Waals surface area contributed by atoms with Crippen LogP contribution in [0.2, 0.25) is 0 Å². The van der Waals surface area contributed by atoms with Gasteiger partial charge in [-0.3, -0.25) is 32.5 Å². The van der Waals surface area contributed by atoms with Gasteiger partial charge in [0.25, 0.3) is 5.56 Å². The third kappa shape index (κ3) is 7.10. The second-order valence-corrected chi connectivity index (χ2v) is 12.3. The van der Waals surface area contributed by atoms with Crippen LogP contribution in [0.4, 0.5) is 0 Å². The van der Waals surface area contributed by atoms with E-state index in [0.717, 1.165) is 23.9 Å². The normalized spacial score (nSPS) is 36.4. The number of hydrogen-bond acceptors (Lipinski definition) is 17. The number of nitrogens with zero attached hydrogens (tertiary/aromatic N) is 1. The van der Waals surface area contributed by atoms with Gasteiger partial charge in [-0.15, -0.1) is 0 Å². The smallest absolute Gasteiger partial charge is 0.394 e. The molecule has 2 aliphatic rings. The average molecular weight is 607 g/mol. The molecule has 11 unspecified atom stereocenters. The molecule has 0 bridgehead atoms. The van der Waals surface area contributed by atoms with Crippen LogP contribution in [0, 0.1) is 0 Å². The van der Waals surface area contributed by atoms with Crippen molar-refractivity contribution in [2.75, 3.05) is 33.7 Å². The molecule has 1 aromatic rings. The minimum atomic E-state index is -4.86. The summed E-state index contributed by atoms with van der Waals surface area (Å²) < 4.78 is 57.6. The number of aromatic nitrogens is 2. The van der Waals surface area contributed by atoms with Crippen molar-refractivity contribution >= 4 is 15.4 Å². The van der Waals surface area contributed by atoms with Gasteiger partial charge >= 0.3 is 21.1 Å². The van der Waals surface area contributed by atoms with Crippen molar-refractivity contribution in [3.63, 3.8) is 0 Å². The number of rotatable bonds is 12. The number of phosphoric ester groups is 1. The highest BCUT2D eigenvalue weighted by atomic mass is 31.3. The molecule has 2 aliphatic heterocycles. The molecule has 21 heteroatoms. The summed E-state index contributed by atoms with van der Waals surface area (Å²) in [6.45, 7) is -1.58. The topological polar surface area (TPSA) is 278 Å². The molecule has 0 aromatic carbocycles. The standard InChI is InChI=1S/C18H31N3O16P2/c1-19-11-14(27)12(25)8(5-22)35-17(11)36-38(30,7-23)37-39(31,32-2)33-6-9-13(26)15(28)16(34-9)21-4-3-10(24)20-18(21)29/h3-4,8-9,11-17,19,22-23,25-28H,5-7H2,1-2H3,(H,20,24,29). The highest BCUT2D eigenvalue weighted by Crippen LogP contribution is 2.65. The van der Waals surface area contributed by atoms with Gasteiger partial charge in [0, 0.05) is 19.4 Å². The number of aliphatic hydroxyl groups is 6. The third-order valence-corrected chi connectivity index (χ3v) is 9.54. The Morgan fingerprint density at radius 1 is 1.05 bits per heavy atom. The fourth-order valence-corrected chi connectivity index (χ4v) is 6.90. The minimum absolute atomic E-state index is 0.713. The van der Waals surface area contributed by atoms with Crippen LogP contribution in [-0.2, 0) is 36.5 Å². The summed E-state index contributed by atoms with van der Waals surface area (Å²) in [5, 5.41) is 62.6. The minimum Gasteiger partial charge on any atom is -0.394 e. The lowest BCUT2D eigenvalue weighted by Crippen LogP contribution is -2.63. The fraction of sp³-hybridized carbons (Fsp3) is 0.778. The number of phosphoric acid groups is 1. The van der Waals surface area contributed by atoms with Crippen molar-refractivity contribution in [2.24, 2.45) is 0 Å². The van der Waals surface area contributed by atoms with Crippen molar-refractivity contribution in [1.82, 2.24) is 14.9 Å². The van der Waals surface area contributed by atoms with Crippen molar-refractivity contribution in [1.29, 1.82) is 0 Å². The summed E-state index contributed by atoms with van der Waals surface area (Å²) >= 11 is 0. The number of ether oxygens (including phenoxy) is 2. The Bertz CT molecular complexity index is 1180. The first-order valence-electron chi connectivity index (χ1n) is 11.3. The number of aromatic amines is 1. The van der Waals surface area contributed by atoms with E-state index in [4.69, 9.17) is 27.4 Å². The Kier molecular flexibility index (Phi) is 10.8. The van der Waals surface area contributed by atoms with Gasteiger partial charge in [0.05, 0.1) is 19.3 Å². The summed E-state index contributed by atoms with van der Waals surface area (Å²) in [7, 11) is -7.52. The van der Waals surface area contributed by atoms with E-state index >= 15 is 0 Å². The molecule has 2 saturated heterocycles. The molecule has 0 amide bonds. The average Bonchev–Trinajstić information content (AvgIpc) is 3.18. The van der Waals surface area contributed by atoms with Gasteiger partial charge in [0.2, 0.25) is 0 Å². The van der Waals surface area contributed by atoms with E-state index in [9.17, 15) is 49.4 Å². The van der Waals surface area contributed by atoms with E-state index < -0.39 is 101 Å². The molecule has 39 heavy (non-hydrogen) atoms. The Labute approximate surface area is 220 Å². The zero-order valence-electron chi connectivity index (χ0n) is 20.6. The molecule has 8 N–H and O–H groups in total. The van der Waals surface area contributed by atoms with Crippen molar-refractivity contribution in [2.45, 2.75) is 55.2 Å². The van der Waals surface area contributed by atoms with Crippen LogP contribution in [0.1, 0.15) is 6.23 Å². The predicted octanol–water partition coefficient (Wildman–Crippen LogP) is -3.87. The van der Waals surface area contributed by atoms with Crippen molar-refractivity contribution < 1.29 is 67.1 Å². The van der Waals surface area contributed by atoms with Crippen molar-refractivity contribution in [3.8, 4) is 0 Å². The molecule has 3 rings (SSSR count). The second-order valence-electron chi connectivity index (χ2n) is 8.45. The Balaban J connectivity index is 1.71. The zero-order chi connectivity index (χ0) is 29.1. The highest BCUT2D eigenvalue weighted by Gasteiger charge is 2.50. The molecule has 3 heterocycles. The van der Waals surface area contributed by atoms with Crippen LogP contribution in [0.15, 0.2) is 21.9 Å². The lowest BCUT2D eigenvalue weighted by molar-refractivity contribution is -0.245. The highest BCUT2D eigenvalue weighted by molar-refractivity contribution is 7.64. The van der Waals surface area contributed by atoms with Crippen molar-refractivity contribution in [3.05, 3.63) is 33.1 Å². The molecule has 19 nitrogen and oxygen atoms in total. The van der Waals surface area contributed by atoms with E-state index in [0.29, 0.717) is 0 Å². The number of H-pyrrole nitrogens is 1. The first-order valence-corrected chi connectivity index (χ1v) is 14.5. The summed E-state index contributed by atoms with van der Waals surface area (Å²) in [4.78, 5) is 25.2. The van der Waals surface area contributed by atoms with Gasteiger partial charge in [-0.05, 0) is 7.05 Å². The summed E-state index contributed by atoms with van der Waals surface area (Å²) in [6.07, 6.45) is -12.9. The van der Waals surface area contributed by atoms with E-state index in [2.05, 4.69) is 5.32 Å². The molecular weight excluding hydrogens is 576 g/mol. The van der Waals surface area contributed by atoms with Crippen LogP contribution < -0.4 is 16.6 Å². The monoisotopic (exact) mass is 607 g/mol. The number of hydrogen-bond donors (Lipinski definition) is 8. The Morgan fingerprint density at radius 3 is 2.28 bits per heavy atom. The predicted molar refractivity (Wildman–Crippen MR) is 125 cm³/mol. The molecule has 11 atom stereocenters. The van der Waals surface area contributed by atoms with Gasteiger partial charge in [-0.1, -0.05) is 0 Å². The maximum absolute atomic E-state index is 13.2. The van der Waals surface area contributed by atoms with E-state index in [1.807, 2.05) is 4.98 Å². The van der Waals surface area contributed by atoms with Gasteiger partial charge in [0.1, 0.15) is 43.0 Å². The summed E-state index contributed by atoms with van der Waals surface area (Å²) in [5.74, 6) is 0. The molecule has 1 aromatic heterocycles. The number of aliphatic hydroxyl groups excluding tert-OH is 6. The van der Waals surface area contributed by atoms with Crippen LogP contribution >= 0.6 is 15.4 Å². The van der Waals surface area contributed by atoms with Gasteiger partial charge in [-0.25, -0.2) is 13.7 Å². The maximum Gasteiger partial charge on any atom is 0.481 e. The van der Waals surface area contributed by atoms with Gasteiger partial charge in [-0.2, -0.15) is 0 Å². The SMILES string of the molecule is CNC1C(OP(=O)(CO)OP(=O)(OC)OCC2OC(n3ccc(=O)[nH]c3=O)C(O)C2O)OC(CO)C(O)C1O. The maximum atomic E-state index is 13.2. The van der Waals surface area contributed by atoms with Crippen LogP contribution in [0.3, 0.4) is 0 Å². The van der Waals surface area contributed by atoms with Gasteiger partial charge < -0.3 is 45.4 Å². The molecule has 0 spiro atoms. The molecule has 0 aliphatic carbocycles. The van der Waals surface area contributed by atoms with Crippen LogP contribution in [-0.4, -0.2) is 123 Å². The third-order valence-electron chi connectivity index (χ3n) is 5.96. The molecular formula is C18H31N3O16P2. The van der Waals surface area contributed by atoms with Crippen LogP contribution in [0.5, 0.6) is 0 Å². The lowest BCUT2D eigenvalue weighted by atomic mass is 9.97. The number of likely N-dealkylation sites (N-methyl/N-ethyl adjacent to an activating group) is 1. The molecule has 0 saturated carbocycles. The molecule has 0 radical (unpaired) electrons. The first-order chi connectivity index (χ1) is 18.3. The number of nitrogens with one attached hydrogen (secondary N) is 2.